The number of aryl methyl sites for hydroxylation is 1. The van der Waals surface area contributed by atoms with Crippen LogP contribution in [-0.2, 0) is 12.8 Å². The summed E-state index contributed by atoms with van der Waals surface area (Å²) in [6.45, 7) is 2.79. The van der Waals surface area contributed by atoms with E-state index in [0.717, 1.165) is 24.4 Å². The molecule has 1 aliphatic rings. The van der Waals surface area contributed by atoms with Crippen molar-refractivity contribution in [3.8, 4) is 5.88 Å². The van der Waals surface area contributed by atoms with Crippen LogP contribution in [0.2, 0.25) is 0 Å². The van der Waals surface area contributed by atoms with E-state index in [1.54, 1.807) is 7.11 Å². The standard InChI is InChI=1S/C13H23N3O/c1-3-12-11(8-9-14)13(17-2)16(15-12)10-6-4-5-7-10/h10H,3-9,14H2,1-2H3. The SMILES string of the molecule is CCc1nn(C2CCCC2)c(OC)c1CCN. The van der Waals surface area contributed by atoms with Gasteiger partial charge >= 0.3 is 0 Å². The second-order valence-corrected chi connectivity index (χ2v) is 4.71. The topological polar surface area (TPSA) is 53.1 Å². The average molecular weight is 237 g/mol. The first kappa shape index (κ1) is 12.4. The van der Waals surface area contributed by atoms with Crippen LogP contribution in [0.1, 0.15) is 49.9 Å². The molecule has 1 aromatic rings. The normalized spacial score (nSPS) is 16.6. The van der Waals surface area contributed by atoms with Gasteiger partial charge in [0.15, 0.2) is 0 Å². The molecule has 0 amide bonds. The highest BCUT2D eigenvalue weighted by atomic mass is 16.5. The van der Waals surface area contributed by atoms with Crippen molar-refractivity contribution in [2.75, 3.05) is 13.7 Å². The first-order valence-corrected chi connectivity index (χ1v) is 6.66. The van der Waals surface area contributed by atoms with Gasteiger partial charge in [0, 0.05) is 5.56 Å². The summed E-state index contributed by atoms with van der Waals surface area (Å²) < 4.78 is 7.68. The van der Waals surface area contributed by atoms with Crippen LogP contribution in [0.15, 0.2) is 0 Å². The molecular weight excluding hydrogens is 214 g/mol. The fourth-order valence-electron chi connectivity index (χ4n) is 2.79. The number of ether oxygens (including phenoxy) is 1. The van der Waals surface area contributed by atoms with Crippen molar-refractivity contribution >= 4 is 0 Å². The molecule has 17 heavy (non-hydrogen) atoms. The molecule has 4 nitrogen and oxygen atoms in total. The highest BCUT2D eigenvalue weighted by Crippen LogP contribution is 2.35. The summed E-state index contributed by atoms with van der Waals surface area (Å²) in [5, 5.41) is 4.74. The third-order valence-corrected chi connectivity index (χ3v) is 3.64. The number of aromatic nitrogens is 2. The second-order valence-electron chi connectivity index (χ2n) is 4.71. The fourth-order valence-corrected chi connectivity index (χ4v) is 2.79. The predicted molar refractivity (Wildman–Crippen MR) is 68.4 cm³/mol. The molecule has 0 bridgehead atoms. The van der Waals surface area contributed by atoms with E-state index in [1.807, 2.05) is 0 Å². The van der Waals surface area contributed by atoms with Gasteiger partial charge in [-0.1, -0.05) is 19.8 Å². The molecule has 96 valence electrons. The average Bonchev–Trinajstić information content (AvgIpc) is 2.95. The van der Waals surface area contributed by atoms with E-state index < -0.39 is 0 Å². The van der Waals surface area contributed by atoms with Crippen LogP contribution in [0.3, 0.4) is 0 Å². The molecule has 0 aromatic carbocycles. The molecule has 1 fully saturated rings. The number of hydrogen-bond donors (Lipinski definition) is 1. The Morgan fingerprint density at radius 1 is 1.41 bits per heavy atom. The molecule has 0 aliphatic heterocycles. The maximum atomic E-state index is 5.68. The molecule has 0 saturated heterocycles. The summed E-state index contributed by atoms with van der Waals surface area (Å²) in [5.74, 6) is 0.944. The van der Waals surface area contributed by atoms with Gasteiger partial charge in [0.05, 0.1) is 18.8 Å². The van der Waals surface area contributed by atoms with Crippen LogP contribution in [-0.4, -0.2) is 23.4 Å². The summed E-state index contributed by atoms with van der Waals surface area (Å²) in [7, 11) is 1.74. The Hall–Kier alpha value is -1.03. The van der Waals surface area contributed by atoms with Crippen LogP contribution in [0, 0.1) is 0 Å². The Morgan fingerprint density at radius 2 is 2.12 bits per heavy atom. The first-order chi connectivity index (χ1) is 8.31. The summed E-state index contributed by atoms with van der Waals surface area (Å²) in [6.07, 6.45) is 6.87. The largest absolute Gasteiger partial charge is 0.481 e. The molecule has 1 saturated carbocycles. The van der Waals surface area contributed by atoms with E-state index in [4.69, 9.17) is 15.6 Å². The van der Waals surface area contributed by atoms with E-state index in [9.17, 15) is 0 Å². The maximum absolute atomic E-state index is 5.68. The van der Waals surface area contributed by atoms with Gasteiger partial charge in [0.2, 0.25) is 5.88 Å². The second kappa shape index (κ2) is 5.54. The smallest absolute Gasteiger partial charge is 0.215 e. The molecule has 0 radical (unpaired) electrons. The maximum Gasteiger partial charge on any atom is 0.215 e. The van der Waals surface area contributed by atoms with Crippen molar-refractivity contribution in [3.05, 3.63) is 11.3 Å². The third-order valence-electron chi connectivity index (χ3n) is 3.64. The molecule has 4 heteroatoms. The van der Waals surface area contributed by atoms with Crippen LogP contribution < -0.4 is 10.5 Å². The Labute approximate surface area is 103 Å². The molecule has 1 aliphatic carbocycles. The van der Waals surface area contributed by atoms with Crippen LogP contribution in [0.5, 0.6) is 5.88 Å². The van der Waals surface area contributed by atoms with E-state index in [2.05, 4.69) is 11.6 Å². The summed E-state index contributed by atoms with van der Waals surface area (Å²) in [5.41, 5.74) is 8.04. The zero-order valence-corrected chi connectivity index (χ0v) is 10.9. The van der Waals surface area contributed by atoms with Gasteiger partial charge < -0.3 is 10.5 Å². The highest BCUT2D eigenvalue weighted by Gasteiger charge is 2.25. The minimum atomic E-state index is 0.529. The van der Waals surface area contributed by atoms with Crippen molar-refractivity contribution < 1.29 is 4.74 Å². The Kier molecular flexibility index (Phi) is 4.05. The zero-order chi connectivity index (χ0) is 12.3. The number of nitrogens with zero attached hydrogens (tertiary/aromatic N) is 2. The van der Waals surface area contributed by atoms with E-state index in [-0.39, 0.29) is 0 Å². The molecule has 1 aromatic heterocycles. The molecule has 0 spiro atoms. The summed E-state index contributed by atoms with van der Waals surface area (Å²) in [6, 6.07) is 0.529. The van der Waals surface area contributed by atoms with Gasteiger partial charge in [0.1, 0.15) is 0 Å². The Morgan fingerprint density at radius 3 is 2.65 bits per heavy atom. The zero-order valence-electron chi connectivity index (χ0n) is 10.9. The van der Waals surface area contributed by atoms with Crippen molar-refractivity contribution in [3.63, 3.8) is 0 Å². The van der Waals surface area contributed by atoms with Crippen molar-refractivity contribution in [1.82, 2.24) is 9.78 Å². The van der Waals surface area contributed by atoms with E-state index >= 15 is 0 Å². The number of methoxy groups -OCH3 is 1. The van der Waals surface area contributed by atoms with Gasteiger partial charge in [-0.15, -0.1) is 0 Å². The van der Waals surface area contributed by atoms with Crippen molar-refractivity contribution in [2.24, 2.45) is 5.73 Å². The highest BCUT2D eigenvalue weighted by molar-refractivity contribution is 5.33. The molecular formula is C13H23N3O. The predicted octanol–water partition coefficient (Wildman–Crippen LogP) is 2.07. The lowest BCUT2D eigenvalue weighted by atomic mass is 10.1. The van der Waals surface area contributed by atoms with E-state index in [0.29, 0.717) is 12.6 Å². The Bertz CT molecular complexity index is 367. The molecule has 0 atom stereocenters. The summed E-state index contributed by atoms with van der Waals surface area (Å²) in [4.78, 5) is 0. The van der Waals surface area contributed by atoms with Crippen LogP contribution in [0.25, 0.3) is 0 Å². The monoisotopic (exact) mass is 237 g/mol. The summed E-state index contributed by atoms with van der Waals surface area (Å²) >= 11 is 0. The van der Waals surface area contributed by atoms with E-state index in [1.165, 1.54) is 31.2 Å². The minimum Gasteiger partial charge on any atom is -0.481 e. The van der Waals surface area contributed by atoms with Gasteiger partial charge in [0.25, 0.3) is 0 Å². The van der Waals surface area contributed by atoms with Gasteiger partial charge in [-0.25, -0.2) is 4.68 Å². The lowest BCUT2D eigenvalue weighted by Gasteiger charge is -2.13. The third kappa shape index (κ3) is 2.32. The number of rotatable bonds is 5. The number of nitrogens with two attached hydrogens (primary N) is 1. The van der Waals surface area contributed by atoms with Crippen molar-refractivity contribution in [1.29, 1.82) is 0 Å². The lowest BCUT2D eigenvalue weighted by molar-refractivity contribution is 0.328. The number of hydrogen-bond acceptors (Lipinski definition) is 3. The lowest BCUT2D eigenvalue weighted by Crippen LogP contribution is -2.09. The first-order valence-electron chi connectivity index (χ1n) is 6.66. The molecule has 2 N–H and O–H groups in total. The molecule has 2 rings (SSSR count). The Balaban J connectivity index is 2.36. The van der Waals surface area contributed by atoms with Crippen LogP contribution in [0.4, 0.5) is 0 Å². The quantitative estimate of drug-likeness (QED) is 0.853. The van der Waals surface area contributed by atoms with Gasteiger partial charge in [-0.05, 0) is 32.2 Å². The molecule has 0 unspecified atom stereocenters. The molecule has 1 heterocycles. The van der Waals surface area contributed by atoms with Gasteiger partial charge in [-0.2, -0.15) is 5.10 Å². The van der Waals surface area contributed by atoms with Crippen molar-refractivity contribution in [2.45, 2.75) is 51.5 Å². The van der Waals surface area contributed by atoms with Gasteiger partial charge in [-0.3, -0.25) is 0 Å². The minimum absolute atomic E-state index is 0.529. The fraction of sp³-hybridized carbons (Fsp3) is 0.769. The van der Waals surface area contributed by atoms with Crippen LogP contribution >= 0.6 is 0 Å².